The van der Waals surface area contributed by atoms with Crippen LogP contribution in [0.25, 0.3) is 5.65 Å². The van der Waals surface area contributed by atoms with Crippen LogP contribution in [-0.2, 0) is 12.6 Å². The number of halogens is 3. The molecule has 0 amide bonds. The predicted molar refractivity (Wildman–Crippen MR) is 93.3 cm³/mol. The molecule has 0 fully saturated rings. The number of hydrogen-bond donors (Lipinski definition) is 1. The smallest absolute Gasteiger partial charge is 0.416 e. The van der Waals surface area contributed by atoms with Crippen molar-refractivity contribution in [3.05, 3.63) is 59.0 Å². The second-order valence-corrected chi connectivity index (χ2v) is 6.34. The Balaban J connectivity index is 1.83. The first-order valence-electron chi connectivity index (χ1n) is 8.45. The lowest BCUT2D eigenvalue weighted by Gasteiger charge is -2.25. The van der Waals surface area contributed by atoms with Crippen molar-refractivity contribution >= 4 is 5.65 Å². The van der Waals surface area contributed by atoms with Crippen molar-refractivity contribution in [2.24, 2.45) is 0 Å². The van der Waals surface area contributed by atoms with Crippen molar-refractivity contribution in [1.82, 2.24) is 14.7 Å². The van der Waals surface area contributed by atoms with E-state index in [0.29, 0.717) is 30.1 Å². The fourth-order valence-corrected chi connectivity index (χ4v) is 3.52. The van der Waals surface area contributed by atoms with Crippen molar-refractivity contribution in [2.75, 3.05) is 20.8 Å². The quantitative estimate of drug-likeness (QED) is 0.758. The maximum atomic E-state index is 13.0. The van der Waals surface area contributed by atoms with Gasteiger partial charge in [-0.3, -0.25) is 0 Å². The molecule has 0 radical (unpaired) electrons. The van der Waals surface area contributed by atoms with Crippen molar-refractivity contribution in [1.29, 1.82) is 0 Å². The Morgan fingerprint density at radius 2 is 1.89 bits per heavy atom. The number of fused-ring (bicyclic) bond motifs is 3. The minimum absolute atomic E-state index is 0.208. The van der Waals surface area contributed by atoms with E-state index >= 15 is 0 Å². The summed E-state index contributed by atoms with van der Waals surface area (Å²) in [6.07, 6.45) is -2.30. The highest BCUT2D eigenvalue weighted by Gasteiger charge is 2.32. The molecule has 0 spiro atoms. The molecule has 2 aromatic heterocycles. The number of methoxy groups -OCH3 is 2. The van der Waals surface area contributed by atoms with Gasteiger partial charge in [-0.05, 0) is 29.8 Å². The van der Waals surface area contributed by atoms with Gasteiger partial charge in [0.15, 0.2) is 11.5 Å². The molecule has 8 heteroatoms. The fraction of sp³-hybridized carbons (Fsp3) is 0.316. The summed E-state index contributed by atoms with van der Waals surface area (Å²) in [5, 5.41) is 3.42. The number of rotatable bonds is 3. The van der Waals surface area contributed by atoms with Crippen molar-refractivity contribution in [3.63, 3.8) is 0 Å². The zero-order valence-corrected chi connectivity index (χ0v) is 14.8. The fourth-order valence-electron chi connectivity index (χ4n) is 3.52. The molecule has 0 bridgehead atoms. The third-order valence-corrected chi connectivity index (χ3v) is 4.79. The summed E-state index contributed by atoms with van der Waals surface area (Å²) in [5.41, 5.74) is 2.16. The van der Waals surface area contributed by atoms with Gasteiger partial charge in [0.05, 0.1) is 37.2 Å². The molecule has 142 valence electrons. The largest absolute Gasteiger partial charge is 0.493 e. The standard InChI is InChI=1S/C19H18F3N3O2/c1-26-14-4-3-11(9-15(14)27-2)17-18-13(5-7-23-17)24-16-10-12(19(20,21)22)6-8-25(16)18/h3-4,6,8-10,17,23H,5,7H2,1-2H3. The number of nitrogens with zero attached hydrogens (tertiary/aromatic N) is 2. The normalized spacial score (nSPS) is 17.0. The van der Waals surface area contributed by atoms with E-state index in [1.807, 2.05) is 18.2 Å². The number of alkyl halides is 3. The van der Waals surface area contributed by atoms with Crippen LogP contribution in [0, 0.1) is 0 Å². The van der Waals surface area contributed by atoms with E-state index in [4.69, 9.17) is 9.47 Å². The van der Waals surface area contributed by atoms with E-state index in [2.05, 4.69) is 10.3 Å². The van der Waals surface area contributed by atoms with Gasteiger partial charge in [0.25, 0.3) is 0 Å². The number of hydrogen-bond acceptors (Lipinski definition) is 4. The summed E-state index contributed by atoms with van der Waals surface area (Å²) in [5.74, 6) is 1.21. The van der Waals surface area contributed by atoms with E-state index < -0.39 is 11.7 Å². The van der Waals surface area contributed by atoms with Gasteiger partial charge in [0, 0.05) is 19.2 Å². The molecule has 1 aromatic carbocycles. The van der Waals surface area contributed by atoms with Gasteiger partial charge in [-0.25, -0.2) is 4.98 Å². The first kappa shape index (κ1) is 17.7. The molecule has 27 heavy (non-hydrogen) atoms. The molecular weight excluding hydrogens is 359 g/mol. The molecule has 0 saturated carbocycles. The third kappa shape index (κ3) is 2.99. The van der Waals surface area contributed by atoms with Crippen LogP contribution in [0.4, 0.5) is 13.2 Å². The number of benzene rings is 1. The van der Waals surface area contributed by atoms with Gasteiger partial charge < -0.3 is 19.2 Å². The first-order valence-corrected chi connectivity index (χ1v) is 8.45. The Bertz CT molecular complexity index is 998. The minimum atomic E-state index is -4.39. The van der Waals surface area contributed by atoms with Crippen molar-refractivity contribution < 1.29 is 22.6 Å². The molecule has 1 N–H and O–H groups in total. The van der Waals surface area contributed by atoms with Crippen LogP contribution in [0.3, 0.4) is 0 Å². The summed E-state index contributed by atoms with van der Waals surface area (Å²) < 4.78 is 51.4. The number of imidazole rings is 1. The molecule has 5 nitrogen and oxygen atoms in total. The molecule has 4 rings (SSSR count). The second-order valence-electron chi connectivity index (χ2n) is 6.34. The van der Waals surface area contributed by atoms with Crippen LogP contribution in [0.5, 0.6) is 11.5 Å². The first-order chi connectivity index (χ1) is 12.9. The zero-order chi connectivity index (χ0) is 19.2. The molecule has 1 aliphatic heterocycles. The monoisotopic (exact) mass is 377 g/mol. The van der Waals surface area contributed by atoms with Crippen LogP contribution < -0.4 is 14.8 Å². The van der Waals surface area contributed by atoms with E-state index in [9.17, 15) is 13.2 Å². The summed E-state index contributed by atoms with van der Waals surface area (Å²) in [6, 6.07) is 7.56. The van der Waals surface area contributed by atoms with Crippen molar-refractivity contribution in [3.8, 4) is 11.5 Å². The Labute approximate surface area is 153 Å². The Hall–Kier alpha value is -2.74. The summed E-state index contributed by atoms with van der Waals surface area (Å²) in [4.78, 5) is 4.45. The topological polar surface area (TPSA) is 47.8 Å². The average molecular weight is 377 g/mol. The van der Waals surface area contributed by atoms with Crippen LogP contribution >= 0.6 is 0 Å². The van der Waals surface area contributed by atoms with Gasteiger partial charge in [-0.2, -0.15) is 13.2 Å². The summed E-state index contributed by atoms with van der Waals surface area (Å²) in [6.45, 7) is 0.683. The number of aromatic nitrogens is 2. The maximum Gasteiger partial charge on any atom is 0.416 e. The highest BCUT2D eigenvalue weighted by atomic mass is 19.4. The second kappa shape index (κ2) is 6.45. The summed E-state index contributed by atoms with van der Waals surface area (Å²) >= 11 is 0. The van der Waals surface area contributed by atoms with Crippen LogP contribution in [0.1, 0.15) is 28.6 Å². The van der Waals surface area contributed by atoms with Crippen LogP contribution in [0.15, 0.2) is 36.5 Å². The number of ether oxygens (including phenoxy) is 2. The lowest BCUT2D eigenvalue weighted by Crippen LogP contribution is -2.31. The zero-order valence-electron chi connectivity index (χ0n) is 14.8. The molecule has 1 atom stereocenters. The highest BCUT2D eigenvalue weighted by molar-refractivity contribution is 5.51. The molecule has 0 aliphatic carbocycles. The Morgan fingerprint density at radius 1 is 1.11 bits per heavy atom. The molecule has 3 heterocycles. The SMILES string of the molecule is COc1ccc(C2NCCc3nc4cc(C(F)(F)F)ccn4c32)cc1OC. The van der Waals surface area contributed by atoms with E-state index in [1.54, 1.807) is 18.6 Å². The van der Waals surface area contributed by atoms with Gasteiger partial charge in [-0.15, -0.1) is 0 Å². The van der Waals surface area contributed by atoms with Gasteiger partial charge in [0.1, 0.15) is 5.65 Å². The lowest BCUT2D eigenvalue weighted by molar-refractivity contribution is -0.137. The Kier molecular flexibility index (Phi) is 4.22. The molecule has 1 aliphatic rings. The molecule has 0 saturated heterocycles. The van der Waals surface area contributed by atoms with Gasteiger partial charge in [0.2, 0.25) is 0 Å². The molecule has 3 aromatic rings. The van der Waals surface area contributed by atoms with Crippen LogP contribution in [-0.4, -0.2) is 30.1 Å². The third-order valence-electron chi connectivity index (χ3n) is 4.79. The van der Waals surface area contributed by atoms with Crippen molar-refractivity contribution in [2.45, 2.75) is 18.6 Å². The highest BCUT2D eigenvalue weighted by Crippen LogP contribution is 2.36. The maximum absolute atomic E-state index is 13.0. The number of nitrogens with one attached hydrogen (secondary N) is 1. The Morgan fingerprint density at radius 3 is 2.59 bits per heavy atom. The van der Waals surface area contributed by atoms with Gasteiger partial charge in [-0.1, -0.05) is 6.07 Å². The predicted octanol–water partition coefficient (Wildman–Crippen LogP) is 3.61. The minimum Gasteiger partial charge on any atom is -0.493 e. The number of pyridine rings is 1. The summed E-state index contributed by atoms with van der Waals surface area (Å²) in [7, 11) is 3.13. The lowest BCUT2D eigenvalue weighted by atomic mass is 9.97. The van der Waals surface area contributed by atoms with E-state index in [-0.39, 0.29) is 6.04 Å². The average Bonchev–Trinajstić information content (AvgIpc) is 3.04. The van der Waals surface area contributed by atoms with E-state index in [0.717, 1.165) is 29.1 Å². The van der Waals surface area contributed by atoms with E-state index in [1.165, 1.54) is 6.20 Å². The van der Waals surface area contributed by atoms with Gasteiger partial charge >= 0.3 is 6.18 Å². The molecular formula is C19H18F3N3O2. The van der Waals surface area contributed by atoms with Crippen LogP contribution in [0.2, 0.25) is 0 Å². The molecule has 1 unspecified atom stereocenters.